The number of hydrogen-bond donors (Lipinski definition) is 1. The fraction of sp³-hybridized carbons (Fsp3) is 0.421. The summed E-state index contributed by atoms with van der Waals surface area (Å²) in [4.78, 5) is 4.69. The summed E-state index contributed by atoms with van der Waals surface area (Å²) in [6, 6.07) is 8.06. The minimum atomic E-state index is 0.525. The molecule has 1 aliphatic heterocycles. The molecule has 3 rings (SSSR count). The highest BCUT2D eigenvalue weighted by Gasteiger charge is 2.21. The highest BCUT2D eigenvalue weighted by Crippen LogP contribution is 2.26. The number of aromatic nitrogens is 2. The van der Waals surface area contributed by atoms with E-state index < -0.39 is 0 Å². The van der Waals surface area contributed by atoms with Gasteiger partial charge in [-0.3, -0.25) is 0 Å². The van der Waals surface area contributed by atoms with Crippen molar-refractivity contribution in [2.45, 2.75) is 32.2 Å². The first-order valence-corrected chi connectivity index (χ1v) is 8.32. The lowest BCUT2D eigenvalue weighted by atomic mass is 9.99. The van der Waals surface area contributed by atoms with Gasteiger partial charge in [-0.1, -0.05) is 30.4 Å². The zero-order chi connectivity index (χ0) is 16.1. The average molecular weight is 311 g/mol. The summed E-state index contributed by atoms with van der Waals surface area (Å²) in [6.07, 6.45) is 8.89. The van der Waals surface area contributed by atoms with Crippen molar-refractivity contribution >= 4 is 6.08 Å². The largest absolute Gasteiger partial charge is 0.496 e. The van der Waals surface area contributed by atoms with E-state index >= 15 is 0 Å². The molecule has 0 saturated carbocycles. The third kappa shape index (κ3) is 3.82. The Morgan fingerprint density at radius 2 is 2.26 bits per heavy atom. The van der Waals surface area contributed by atoms with Crippen LogP contribution in [0.2, 0.25) is 0 Å². The molecule has 1 unspecified atom stereocenters. The molecular weight excluding hydrogens is 286 g/mol. The van der Waals surface area contributed by atoms with Crippen LogP contribution in [0.15, 0.2) is 36.5 Å². The molecule has 0 bridgehead atoms. The maximum absolute atomic E-state index is 5.36. The summed E-state index contributed by atoms with van der Waals surface area (Å²) < 4.78 is 7.67. The Bertz CT molecular complexity index is 675. The Morgan fingerprint density at radius 3 is 3.13 bits per heavy atom. The molecule has 1 aliphatic rings. The third-order valence-corrected chi connectivity index (χ3v) is 4.33. The van der Waals surface area contributed by atoms with Gasteiger partial charge in [0.1, 0.15) is 11.6 Å². The van der Waals surface area contributed by atoms with Gasteiger partial charge in [-0.25, -0.2) is 4.98 Å². The highest BCUT2D eigenvalue weighted by molar-refractivity contribution is 5.57. The number of ether oxygens (including phenoxy) is 1. The summed E-state index contributed by atoms with van der Waals surface area (Å²) in [6.45, 7) is 5.02. The fourth-order valence-corrected chi connectivity index (χ4v) is 3.23. The summed E-state index contributed by atoms with van der Waals surface area (Å²) in [5.41, 5.74) is 2.24. The average Bonchev–Trinajstić information content (AvgIpc) is 2.96. The third-order valence-electron chi connectivity index (χ3n) is 4.33. The molecule has 2 aromatic rings. The van der Waals surface area contributed by atoms with Crippen molar-refractivity contribution in [1.29, 1.82) is 0 Å². The minimum Gasteiger partial charge on any atom is -0.496 e. The molecule has 2 heterocycles. The monoisotopic (exact) mass is 311 g/mol. The van der Waals surface area contributed by atoms with E-state index in [9.17, 15) is 0 Å². The Labute approximate surface area is 138 Å². The van der Waals surface area contributed by atoms with Gasteiger partial charge < -0.3 is 14.6 Å². The molecule has 4 nitrogen and oxygen atoms in total. The molecule has 4 heteroatoms. The maximum atomic E-state index is 5.36. The standard InChI is InChI=1S/C19H25N3O/c1-15-14-22-12-6-9-17(19(22)21-15)13-20-11-5-8-16-7-3-4-10-18(16)23-2/h3-5,7-8,10,14,17,20H,6,9,11-13H2,1-2H3/b8-5+. The predicted molar refractivity (Wildman–Crippen MR) is 93.8 cm³/mol. The van der Waals surface area contributed by atoms with Gasteiger partial charge in [-0.15, -0.1) is 0 Å². The fourth-order valence-electron chi connectivity index (χ4n) is 3.23. The number of hydrogen-bond acceptors (Lipinski definition) is 3. The van der Waals surface area contributed by atoms with Crippen LogP contribution in [0.4, 0.5) is 0 Å². The van der Waals surface area contributed by atoms with Gasteiger partial charge in [0, 0.05) is 37.3 Å². The summed E-state index contributed by atoms with van der Waals surface area (Å²) in [5.74, 6) is 2.68. The van der Waals surface area contributed by atoms with E-state index in [0.29, 0.717) is 5.92 Å². The predicted octanol–water partition coefficient (Wildman–Crippen LogP) is 3.38. The van der Waals surface area contributed by atoms with Crippen molar-refractivity contribution in [2.75, 3.05) is 20.2 Å². The van der Waals surface area contributed by atoms with E-state index in [1.165, 1.54) is 18.7 Å². The molecule has 122 valence electrons. The van der Waals surface area contributed by atoms with E-state index in [1.54, 1.807) is 7.11 Å². The van der Waals surface area contributed by atoms with Crippen LogP contribution in [0.25, 0.3) is 6.08 Å². The lowest BCUT2D eigenvalue weighted by molar-refractivity contribution is 0.414. The molecule has 1 N–H and O–H groups in total. The van der Waals surface area contributed by atoms with Gasteiger partial charge in [-0.2, -0.15) is 0 Å². The number of para-hydroxylation sites is 1. The first kappa shape index (κ1) is 15.8. The Balaban J connectivity index is 1.51. The quantitative estimate of drug-likeness (QED) is 0.831. The number of nitrogens with one attached hydrogen (secondary N) is 1. The Morgan fingerprint density at radius 1 is 1.39 bits per heavy atom. The van der Waals surface area contributed by atoms with Crippen molar-refractivity contribution in [3.63, 3.8) is 0 Å². The van der Waals surface area contributed by atoms with E-state index in [-0.39, 0.29) is 0 Å². The second-order valence-electron chi connectivity index (χ2n) is 6.08. The van der Waals surface area contributed by atoms with Crippen molar-refractivity contribution in [3.05, 3.63) is 53.6 Å². The molecule has 1 aromatic carbocycles. The number of nitrogens with zero attached hydrogens (tertiary/aromatic N) is 2. The lowest BCUT2D eigenvalue weighted by Gasteiger charge is -2.23. The van der Waals surface area contributed by atoms with Gasteiger partial charge in [0.15, 0.2) is 0 Å². The van der Waals surface area contributed by atoms with Gasteiger partial charge in [0.05, 0.1) is 12.8 Å². The molecule has 0 aliphatic carbocycles. The highest BCUT2D eigenvalue weighted by atomic mass is 16.5. The minimum absolute atomic E-state index is 0.525. The molecule has 1 aromatic heterocycles. The summed E-state index contributed by atoms with van der Waals surface area (Å²) >= 11 is 0. The molecule has 0 fully saturated rings. The smallest absolute Gasteiger partial charge is 0.126 e. The van der Waals surface area contributed by atoms with Gasteiger partial charge in [-0.05, 0) is 25.8 Å². The Hall–Kier alpha value is -2.07. The Kier molecular flexibility index (Phi) is 5.13. The second-order valence-corrected chi connectivity index (χ2v) is 6.08. The first-order chi connectivity index (χ1) is 11.3. The van der Waals surface area contributed by atoms with E-state index in [1.807, 2.05) is 18.2 Å². The number of aryl methyl sites for hydroxylation is 2. The van der Waals surface area contributed by atoms with Crippen LogP contribution in [0.5, 0.6) is 5.75 Å². The number of methoxy groups -OCH3 is 1. The molecule has 0 radical (unpaired) electrons. The molecule has 0 amide bonds. The second kappa shape index (κ2) is 7.47. The molecule has 23 heavy (non-hydrogen) atoms. The van der Waals surface area contributed by atoms with Crippen LogP contribution in [-0.2, 0) is 6.54 Å². The normalized spacial score (nSPS) is 17.4. The van der Waals surface area contributed by atoms with E-state index in [0.717, 1.165) is 36.6 Å². The van der Waals surface area contributed by atoms with Crippen LogP contribution in [0.1, 0.15) is 35.8 Å². The van der Waals surface area contributed by atoms with Gasteiger partial charge in [0.2, 0.25) is 0 Å². The molecule has 0 saturated heterocycles. The number of benzene rings is 1. The number of fused-ring (bicyclic) bond motifs is 1. The zero-order valence-corrected chi connectivity index (χ0v) is 14.0. The van der Waals surface area contributed by atoms with Crippen LogP contribution in [0.3, 0.4) is 0 Å². The lowest BCUT2D eigenvalue weighted by Crippen LogP contribution is -2.26. The van der Waals surface area contributed by atoms with Crippen molar-refractivity contribution in [1.82, 2.24) is 14.9 Å². The maximum Gasteiger partial charge on any atom is 0.126 e. The molecular formula is C19H25N3O. The van der Waals surface area contributed by atoms with Crippen LogP contribution < -0.4 is 10.1 Å². The van der Waals surface area contributed by atoms with Crippen molar-refractivity contribution in [2.24, 2.45) is 0 Å². The SMILES string of the molecule is COc1ccccc1/C=C/CNCC1CCCn2cc(C)nc21. The zero-order valence-electron chi connectivity index (χ0n) is 14.0. The topological polar surface area (TPSA) is 39.1 Å². The van der Waals surface area contributed by atoms with Crippen LogP contribution in [0, 0.1) is 6.92 Å². The molecule has 0 spiro atoms. The van der Waals surface area contributed by atoms with E-state index in [4.69, 9.17) is 9.72 Å². The van der Waals surface area contributed by atoms with Crippen molar-refractivity contribution < 1.29 is 4.74 Å². The van der Waals surface area contributed by atoms with Crippen molar-refractivity contribution in [3.8, 4) is 5.75 Å². The summed E-state index contributed by atoms with van der Waals surface area (Å²) in [7, 11) is 1.71. The van der Waals surface area contributed by atoms with E-state index in [2.05, 4.69) is 41.2 Å². The first-order valence-electron chi connectivity index (χ1n) is 8.32. The summed E-state index contributed by atoms with van der Waals surface area (Å²) in [5, 5.41) is 3.53. The molecule has 1 atom stereocenters. The number of imidazole rings is 1. The number of rotatable bonds is 6. The van der Waals surface area contributed by atoms with Gasteiger partial charge >= 0.3 is 0 Å². The van der Waals surface area contributed by atoms with Crippen LogP contribution in [-0.4, -0.2) is 29.8 Å². The van der Waals surface area contributed by atoms with Gasteiger partial charge in [0.25, 0.3) is 0 Å². The van der Waals surface area contributed by atoms with Crippen LogP contribution >= 0.6 is 0 Å².